The van der Waals surface area contributed by atoms with Gasteiger partial charge in [-0.05, 0) is 27.6 Å². The zero-order valence-electron chi connectivity index (χ0n) is 9.85. The van der Waals surface area contributed by atoms with Crippen molar-refractivity contribution in [2.75, 3.05) is 18.2 Å². The summed E-state index contributed by atoms with van der Waals surface area (Å²) in [4.78, 5) is 8.32. The van der Waals surface area contributed by atoms with Crippen molar-refractivity contribution in [2.24, 2.45) is 0 Å². The lowest BCUT2D eigenvalue weighted by Gasteiger charge is -2.08. The van der Waals surface area contributed by atoms with E-state index in [0.29, 0.717) is 23.9 Å². The van der Waals surface area contributed by atoms with Gasteiger partial charge in [0, 0.05) is 29.5 Å². The van der Waals surface area contributed by atoms with Crippen LogP contribution in [0.4, 0.5) is 11.5 Å². The van der Waals surface area contributed by atoms with Gasteiger partial charge in [-0.25, -0.2) is 9.97 Å². The number of nitrogens with one attached hydrogen (secondary N) is 1. The average molecular weight is 309 g/mol. The zero-order chi connectivity index (χ0) is 13.0. The second kappa shape index (κ2) is 5.68. The van der Waals surface area contributed by atoms with Gasteiger partial charge in [0.05, 0.1) is 12.8 Å². The molecule has 94 valence electrons. The maximum Gasteiger partial charge on any atom is 0.212 e. The molecule has 2 aromatic heterocycles. The number of halogens is 1. The van der Waals surface area contributed by atoms with Crippen LogP contribution in [0.25, 0.3) is 0 Å². The summed E-state index contributed by atoms with van der Waals surface area (Å²) < 4.78 is 5.85. The molecule has 18 heavy (non-hydrogen) atoms. The molecule has 2 aromatic rings. The molecule has 3 N–H and O–H groups in total. The molecule has 0 fully saturated rings. The molecule has 0 unspecified atom stereocenters. The first-order chi connectivity index (χ1) is 8.69. The van der Waals surface area contributed by atoms with Crippen LogP contribution in [0.15, 0.2) is 35.1 Å². The molecule has 5 nitrogen and oxygen atoms in total. The molecule has 0 aliphatic rings. The summed E-state index contributed by atoms with van der Waals surface area (Å²) >= 11 is 3.31. The van der Waals surface area contributed by atoms with Gasteiger partial charge in [-0.15, -0.1) is 0 Å². The minimum atomic E-state index is 0.597. The number of methoxy groups -OCH3 is 1. The Hall–Kier alpha value is -1.82. The summed E-state index contributed by atoms with van der Waals surface area (Å²) in [5, 5.41) is 3.16. The van der Waals surface area contributed by atoms with Gasteiger partial charge in [-0.2, -0.15) is 0 Å². The Morgan fingerprint density at radius 1 is 1.33 bits per heavy atom. The van der Waals surface area contributed by atoms with Crippen LogP contribution < -0.4 is 15.8 Å². The monoisotopic (exact) mass is 308 g/mol. The van der Waals surface area contributed by atoms with Crippen LogP contribution in [-0.4, -0.2) is 17.1 Å². The molecule has 0 amide bonds. The Balaban J connectivity index is 2.02. The lowest BCUT2D eigenvalue weighted by molar-refractivity contribution is 0.397. The predicted octanol–water partition coefficient (Wildman–Crippen LogP) is 2.44. The molecular weight excluding hydrogens is 296 g/mol. The number of anilines is 2. The fraction of sp³-hybridized carbons (Fsp3) is 0.167. The van der Waals surface area contributed by atoms with E-state index in [9.17, 15) is 0 Å². The second-order valence-electron chi connectivity index (χ2n) is 3.65. The third kappa shape index (κ3) is 3.10. The van der Waals surface area contributed by atoms with Crippen LogP contribution >= 0.6 is 15.9 Å². The van der Waals surface area contributed by atoms with Gasteiger partial charge in [0.1, 0.15) is 5.82 Å². The van der Waals surface area contributed by atoms with E-state index in [4.69, 9.17) is 10.5 Å². The summed E-state index contributed by atoms with van der Waals surface area (Å²) in [6.07, 6.45) is 3.45. The quantitative estimate of drug-likeness (QED) is 0.907. The Labute approximate surface area is 114 Å². The molecule has 6 heteroatoms. The second-order valence-corrected chi connectivity index (χ2v) is 4.57. The van der Waals surface area contributed by atoms with Crippen molar-refractivity contribution >= 4 is 27.4 Å². The number of pyridine rings is 2. The number of ether oxygens (including phenoxy) is 1. The molecule has 0 radical (unpaired) electrons. The zero-order valence-corrected chi connectivity index (χ0v) is 11.4. The first kappa shape index (κ1) is 12.6. The normalized spacial score (nSPS) is 10.1. The molecule has 2 rings (SSSR count). The first-order valence-corrected chi connectivity index (χ1v) is 6.12. The minimum absolute atomic E-state index is 0.597. The third-order valence-electron chi connectivity index (χ3n) is 2.35. The van der Waals surface area contributed by atoms with E-state index < -0.39 is 0 Å². The molecule has 0 atom stereocenters. The van der Waals surface area contributed by atoms with Gasteiger partial charge < -0.3 is 15.8 Å². The molecule has 0 aliphatic carbocycles. The van der Waals surface area contributed by atoms with Crippen molar-refractivity contribution in [2.45, 2.75) is 6.54 Å². The number of aromatic nitrogens is 2. The maximum atomic E-state index is 5.84. The van der Waals surface area contributed by atoms with E-state index in [0.717, 1.165) is 10.0 Å². The van der Waals surface area contributed by atoms with Crippen LogP contribution in [0.2, 0.25) is 0 Å². The van der Waals surface area contributed by atoms with E-state index >= 15 is 0 Å². The highest BCUT2D eigenvalue weighted by Gasteiger charge is 2.02. The topological polar surface area (TPSA) is 73.1 Å². The van der Waals surface area contributed by atoms with Crippen molar-refractivity contribution in [1.82, 2.24) is 9.97 Å². The van der Waals surface area contributed by atoms with Gasteiger partial charge in [-0.1, -0.05) is 6.07 Å². The summed E-state index contributed by atoms with van der Waals surface area (Å²) in [5.41, 5.74) is 7.47. The molecule has 0 saturated heterocycles. The van der Waals surface area contributed by atoms with Crippen LogP contribution in [0, 0.1) is 0 Å². The highest BCUT2D eigenvalue weighted by Crippen LogP contribution is 2.20. The van der Waals surface area contributed by atoms with Crippen molar-refractivity contribution < 1.29 is 4.74 Å². The number of hydrogen-bond donors (Lipinski definition) is 2. The van der Waals surface area contributed by atoms with E-state index in [2.05, 4.69) is 31.2 Å². The van der Waals surface area contributed by atoms with E-state index in [1.165, 1.54) is 0 Å². The lowest BCUT2D eigenvalue weighted by Crippen LogP contribution is -2.04. The molecular formula is C12H13BrN4O. The summed E-state index contributed by atoms with van der Waals surface area (Å²) in [6.45, 7) is 0.607. The van der Waals surface area contributed by atoms with Crippen LogP contribution in [0.5, 0.6) is 5.88 Å². The highest BCUT2D eigenvalue weighted by molar-refractivity contribution is 9.10. The number of nitrogen functional groups attached to an aromatic ring is 1. The number of nitrogens with two attached hydrogens (primary N) is 1. The molecule has 0 aliphatic heterocycles. The van der Waals surface area contributed by atoms with E-state index in [-0.39, 0.29) is 0 Å². The summed E-state index contributed by atoms with van der Waals surface area (Å²) in [5.74, 6) is 1.26. The average Bonchev–Trinajstić information content (AvgIpc) is 2.38. The van der Waals surface area contributed by atoms with Crippen molar-refractivity contribution in [3.63, 3.8) is 0 Å². The first-order valence-electron chi connectivity index (χ1n) is 5.33. The smallest absolute Gasteiger partial charge is 0.212 e. The molecule has 0 saturated carbocycles. The molecule has 2 heterocycles. The Kier molecular flexibility index (Phi) is 3.99. The highest BCUT2D eigenvalue weighted by atomic mass is 79.9. The SMILES string of the molecule is COc1ccc(CNc2ncc(Br)cc2N)cn1. The van der Waals surface area contributed by atoms with Crippen molar-refractivity contribution in [3.05, 3.63) is 40.6 Å². The predicted molar refractivity (Wildman–Crippen MR) is 74.5 cm³/mol. The fourth-order valence-electron chi connectivity index (χ4n) is 1.42. The minimum Gasteiger partial charge on any atom is -0.481 e. The maximum absolute atomic E-state index is 5.84. The van der Waals surface area contributed by atoms with Crippen molar-refractivity contribution in [1.29, 1.82) is 0 Å². The Morgan fingerprint density at radius 2 is 2.17 bits per heavy atom. The number of rotatable bonds is 4. The third-order valence-corrected chi connectivity index (χ3v) is 2.78. The van der Waals surface area contributed by atoms with Crippen molar-refractivity contribution in [3.8, 4) is 5.88 Å². The molecule has 0 spiro atoms. The van der Waals surface area contributed by atoms with Crippen LogP contribution in [-0.2, 0) is 6.54 Å². The number of hydrogen-bond acceptors (Lipinski definition) is 5. The van der Waals surface area contributed by atoms with Gasteiger partial charge in [0.15, 0.2) is 0 Å². The van der Waals surface area contributed by atoms with Gasteiger partial charge in [0.25, 0.3) is 0 Å². The Bertz CT molecular complexity index is 530. The fourth-order valence-corrected chi connectivity index (χ4v) is 1.77. The van der Waals surface area contributed by atoms with E-state index in [1.54, 1.807) is 19.5 Å². The standard InChI is InChI=1S/C12H13BrN4O/c1-18-11-3-2-8(5-15-11)6-16-12-10(14)4-9(13)7-17-12/h2-5,7H,6,14H2,1H3,(H,16,17). The van der Waals surface area contributed by atoms with Crippen LogP contribution in [0.1, 0.15) is 5.56 Å². The van der Waals surface area contributed by atoms with Gasteiger partial charge in [-0.3, -0.25) is 0 Å². The number of nitrogens with zero attached hydrogens (tertiary/aromatic N) is 2. The summed E-state index contributed by atoms with van der Waals surface area (Å²) in [7, 11) is 1.59. The largest absolute Gasteiger partial charge is 0.481 e. The van der Waals surface area contributed by atoms with Gasteiger partial charge in [0.2, 0.25) is 5.88 Å². The summed E-state index contributed by atoms with van der Waals surface area (Å²) in [6, 6.07) is 5.56. The van der Waals surface area contributed by atoms with Gasteiger partial charge >= 0.3 is 0 Å². The lowest BCUT2D eigenvalue weighted by atomic mass is 10.3. The Morgan fingerprint density at radius 3 is 2.78 bits per heavy atom. The molecule has 0 aromatic carbocycles. The van der Waals surface area contributed by atoms with E-state index in [1.807, 2.05) is 18.2 Å². The van der Waals surface area contributed by atoms with Crippen LogP contribution in [0.3, 0.4) is 0 Å². The molecule has 0 bridgehead atoms.